The van der Waals surface area contributed by atoms with Crippen LogP contribution in [0.5, 0.6) is 0 Å². The van der Waals surface area contributed by atoms with Gasteiger partial charge in [0.05, 0.1) is 11.4 Å². The second-order valence-corrected chi connectivity index (χ2v) is 10.1. The van der Waals surface area contributed by atoms with Crippen molar-refractivity contribution in [2.75, 3.05) is 20.6 Å². The molecule has 3 rings (SSSR count). The molecule has 7 nitrogen and oxygen atoms in total. The lowest BCUT2D eigenvalue weighted by atomic mass is 10.1. The maximum absolute atomic E-state index is 13.2. The van der Waals surface area contributed by atoms with Crippen LogP contribution in [0, 0.1) is 6.92 Å². The van der Waals surface area contributed by atoms with Crippen molar-refractivity contribution in [3.8, 4) is 0 Å². The van der Waals surface area contributed by atoms with Crippen molar-refractivity contribution in [2.24, 2.45) is 0 Å². The summed E-state index contributed by atoms with van der Waals surface area (Å²) in [5.41, 5.74) is 1.89. The van der Waals surface area contributed by atoms with Crippen LogP contribution in [0.4, 0.5) is 0 Å². The summed E-state index contributed by atoms with van der Waals surface area (Å²) in [6.45, 7) is 3.38. The molecule has 0 aliphatic rings. The van der Waals surface area contributed by atoms with Gasteiger partial charge in [-0.1, -0.05) is 60.2 Å². The molecular weight excluding hydrogens is 438 g/mol. The maximum Gasteiger partial charge on any atom is 0.243 e. The lowest BCUT2D eigenvalue weighted by molar-refractivity contribution is -0.140. The Bertz CT molecular complexity index is 1270. The number of hydrogen-bond acceptors (Lipinski definition) is 4. The quantitative estimate of drug-likeness (QED) is 0.552. The molecule has 1 N–H and O–H groups in total. The molecule has 1 atom stereocenters. The highest BCUT2D eigenvalue weighted by Gasteiger charge is 2.30. The van der Waals surface area contributed by atoms with E-state index in [2.05, 4.69) is 5.32 Å². The van der Waals surface area contributed by atoms with Crippen molar-refractivity contribution in [3.05, 3.63) is 77.9 Å². The van der Waals surface area contributed by atoms with Crippen molar-refractivity contribution in [2.45, 2.75) is 31.3 Å². The zero-order chi connectivity index (χ0) is 24.2. The van der Waals surface area contributed by atoms with Crippen LogP contribution in [0.25, 0.3) is 10.8 Å². The Morgan fingerprint density at radius 1 is 0.970 bits per heavy atom. The largest absolute Gasteiger partial charge is 0.357 e. The molecule has 2 amide bonds. The van der Waals surface area contributed by atoms with Gasteiger partial charge in [-0.2, -0.15) is 4.31 Å². The van der Waals surface area contributed by atoms with Crippen LogP contribution in [0.15, 0.2) is 71.6 Å². The third-order valence-corrected chi connectivity index (χ3v) is 7.44. The molecule has 0 saturated carbocycles. The van der Waals surface area contributed by atoms with E-state index >= 15 is 0 Å². The van der Waals surface area contributed by atoms with Crippen LogP contribution >= 0.6 is 0 Å². The summed E-state index contributed by atoms with van der Waals surface area (Å²) < 4.78 is 27.4. The van der Waals surface area contributed by atoms with E-state index in [9.17, 15) is 18.0 Å². The van der Waals surface area contributed by atoms with Crippen LogP contribution in [0.2, 0.25) is 0 Å². The molecule has 0 saturated heterocycles. The van der Waals surface area contributed by atoms with Gasteiger partial charge in [0.15, 0.2) is 0 Å². The van der Waals surface area contributed by atoms with Crippen molar-refractivity contribution < 1.29 is 18.0 Å². The van der Waals surface area contributed by atoms with Gasteiger partial charge in [0.25, 0.3) is 0 Å². The second kappa shape index (κ2) is 10.1. The summed E-state index contributed by atoms with van der Waals surface area (Å²) in [5, 5.41) is 4.29. The van der Waals surface area contributed by atoms with Gasteiger partial charge in [0.1, 0.15) is 6.04 Å². The van der Waals surface area contributed by atoms with Gasteiger partial charge in [-0.25, -0.2) is 8.42 Å². The molecule has 0 heterocycles. The molecule has 0 spiro atoms. The lowest BCUT2D eigenvalue weighted by Crippen LogP contribution is -2.50. The molecule has 0 fully saturated rings. The first-order valence-electron chi connectivity index (χ1n) is 10.6. The average Bonchev–Trinajstić information content (AvgIpc) is 2.81. The van der Waals surface area contributed by atoms with Gasteiger partial charge in [0, 0.05) is 20.6 Å². The predicted octanol–water partition coefficient (Wildman–Crippen LogP) is 2.93. The number of amides is 2. The van der Waals surface area contributed by atoms with Crippen LogP contribution < -0.4 is 5.32 Å². The van der Waals surface area contributed by atoms with E-state index < -0.39 is 22.0 Å². The molecule has 8 heteroatoms. The summed E-state index contributed by atoms with van der Waals surface area (Å²) in [5.74, 6) is -0.782. The van der Waals surface area contributed by atoms with Gasteiger partial charge in [-0.15, -0.1) is 0 Å². The summed E-state index contributed by atoms with van der Waals surface area (Å²) >= 11 is 0. The highest BCUT2D eigenvalue weighted by atomic mass is 32.2. The molecule has 3 aromatic carbocycles. The normalized spacial score (nSPS) is 12.5. The first-order chi connectivity index (χ1) is 15.6. The van der Waals surface area contributed by atoms with E-state index in [0.717, 1.165) is 26.2 Å². The zero-order valence-electron chi connectivity index (χ0n) is 19.3. The number of fused-ring (bicyclic) bond motifs is 1. The number of nitrogens with zero attached hydrogens (tertiary/aromatic N) is 2. The number of carbonyl (C=O) groups is 2. The molecule has 0 aliphatic carbocycles. The minimum Gasteiger partial charge on any atom is -0.357 e. The number of rotatable bonds is 8. The standard InChI is InChI=1S/C25H29N3O4S/c1-18-8-7-9-20(14-18)16-28(19(2)25(30)26-3)24(29)17-27(4)33(31,32)23-13-12-21-10-5-6-11-22(21)15-23/h5-15,19H,16-17H2,1-4H3,(H,26,30)/t19-/m0/s1. The smallest absolute Gasteiger partial charge is 0.243 e. The van der Waals surface area contributed by atoms with E-state index in [1.807, 2.05) is 55.5 Å². The van der Waals surface area contributed by atoms with Crippen LogP contribution in [0.3, 0.4) is 0 Å². The third-order valence-electron chi connectivity index (χ3n) is 5.64. The summed E-state index contributed by atoms with van der Waals surface area (Å²) in [6.07, 6.45) is 0. The average molecular weight is 468 g/mol. The number of aryl methyl sites for hydroxylation is 1. The van der Waals surface area contributed by atoms with Crippen molar-refractivity contribution in [1.29, 1.82) is 0 Å². The van der Waals surface area contributed by atoms with Gasteiger partial charge in [-0.05, 0) is 42.3 Å². The minimum atomic E-state index is -3.90. The number of sulfonamides is 1. The minimum absolute atomic E-state index is 0.112. The first kappa shape index (κ1) is 24.4. The lowest BCUT2D eigenvalue weighted by Gasteiger charge is -2.30. The van der Waals surface area contributed by atoms with E-state index in [-0.39, 0.29) is 23.9 Å². The summed E-state index contributed by atoms with van der Waals surface area (Å²) in [7, 11) is -1.03. The van der Waals surface area contributed by atoms with Gasteiger partial charge in [0.2, 0.25) is 21.8 Å². The van der Waals surface area contributed by atoms with E-state index in [0.29, 0.717) is 0 Å². The second-order valence-electron chi connectivity index (χ2n) is 8.07. The van der Waals surface area contributed by atoms with Gasteiger partial charge in [-0.3, -0.25) is 9.59 Å². The van der Waals surface area contributed by atoms with Gasteiger partial charge >= 0.3 is 0 Å². The fourth-order valence-electron chi connectivity index (χ4n) is 3.67. The fraction of sp³-hybridized carbons (Fsp3) is 0.280. The van der Waals surface area contributed by atoms with E-state index in [4.69, 9.17) is 0 Å². The maximum atomic E-state index is 13.2. The zero-order valence-corrected chi connectivity index (χ0v) is 20.1. The number of hydrogen-bond donors (Lipinski definition) is 1. The van der Waals surface area contributed by atoms with E-state index in [1.54, 1.807) is 19.1 Å². The summed E-state index contributed by atoms with van der Waals surface area (Å²) in [4.78, 5) is 27.1. The molecule has 0 unspecified atom stereocenters. The predicted molar refractivity (Wildman–Crippen MR) is 129 cm³/mol. The first-order valence-corrected chi connectivity index (χ1v) is 12.1. The van der Waals surface area contributed by atoms with Crippen LogP contribution in [-0.4, -0.2) is 56.1 Å². The monoisotopic (exact) mass is 467 g/mol. The Balaban J connectivity index is 1.85. The summed E-state index contributed by atoms with van der Waals surface area (Å²) in [6, 6.07) is 19.2. The van der Waals surface area contributed by atoms with Gasteiger partial charge < -0.3 is 10.2 Å². The number of benzene rings is 3. The number of likely N-dealkylation sites (N-methyl/N-ethyl adjacent to an activating group) is 2. The molecule has 0 radical (unpaired) electrons. The Morgan fingerprint density at radius 2 is 1.67 bits per heavy atom. The Hall–Kier alpha value is -3.23. The van der Waals surface area contributed by atoms with E-state index in [1.165, 1.54) is 25.1 Å². The highest BCUT2D eigenvalue weighted by molar-refractivity contribution is 7.89. The van der Waals surface area contributed by atoms with Crippen molar-refractivity contribution in [3.63, 3.8) is 0 Å². The van der Waals surface area contributed by atoms with Crippen molar-refractivity contribution in [1.82, 2.24) is 14.5 Å². The number of carbonyl (C=O) groups excluding carboxylic acids is 2. The molecule has 3 aromatic rings. The van der Waals surface area contributed by atoms with Crippen LogP contribution in [0.1, 0.15) is 18.1 Å². The van der Waals surface area contributed by atoms with Crippen molar-refractivity contribution >= 4 is 32.6 Å². The fourth-order valence-corrected chi connectivity index (χ4v) is 4.83. The molecule has 174 valence electrons. The molecule has 33 heavy (non-hydrogen) atoms. The Kier molecular flexibility index (Phi) is 7.50. The SMILES string of the molecule is CNC(=O)[C@H](C)N(Cc1cccc(C)c1)C(=O)CN(C)S(=O)(=O)c1ccc2ccccc2c1. The topological polar surface area (TPSA) is 86.8 Å². The third kappa shape index (κ3) is 5.58. The highest BCUT2D eigenvalue weighted by Crippen LogP contribution is 2.22. The molecule has 0 aromatic heterocycles. The molecular formula is C25H29N3O4S. The molecule has 0 bridgehead atoms. The molecule has 0 aliphatic heterocycles. The van der Waals surface area contributed by atoms with Crippen LogP contribution in [-0.2, 0) is 26.2 Å². The Morgan fingerprint density at radius 3 is 2.33 bits per heavy atom. The number of nitrogens with one attached hydrogen (secondary N) is 1. The Labute approximate surface area is 195 Å².